The molecule has 11 nitrogen and oxygen atoms in total. The Balaban J connectivity index is 0.00000329. The second-order valence-electron chi connectivity index (χ2n) is 12.1. The standard InChI is InChI=1S/C29H37ClN10OS.ClH/c1-19-25(31)29(18-41-19)6-12-39(13-7-29)22-14-36-23(15-35-22)42-20-2-8-33-26(24(20)30)37-21-3-9-34-27(38-21)40-10-4-28(5-11-40)16-32-17-28;/h2-3,8-9,14-15,19,25,32H,4-7,10-13,16-18,31H2,1H3,(H,33,34,37,38);1H/t19-,25+;/m0./s1. The largest absolute Gasteiger partial charge is 0.376 e. The first kappa shape index (κ1) is 30.5. The molecular formula is C29H38Cl2N10OS. The molecule has 7 rings (SSSR count). The lowest BCUT2D eigenvalue weighted by atomic mass is 9.73. The highest BCUT2D eigenvalue weighted by Crippen LogP contribution is 2.42. The number of hydrogen-bond donors (Lipinski definition) is 3. The van der Waals surface area contributed by atoms with Gasteiger partial charge in [-0.05, 0) is 50.2 Å². The zero-order valence-corrected chi connectivity index (χ0v) is 26.6. The van der Waals surface area contributed by atoms with Gasteiger partial charge in [-0.2, -0.15) is 4.98 Å². The van der Waals surface area contributed by atoms with Gasteiger partial charge in [0.1, 0.15) is 16.7 Å². The Hall–Kier alpha value is -2.48. The molecule has 4 saturated heterocycles. The highest BCUT2D eigenvalue weighted by Gasteiger charge is 2.47. The molecule has 4 aliphatic heterocycles. The van der Waals surface area contributed by atoms with Gasteiger partial charge in [0, 0.05) is 68.0 Å². The number of piperidine rings is 2. The third-order valence-electron chi connectivity index (χ3n) is 9.61. The predicted molar refractivity (Wildman–Crippen MR) is 172 cm³/mol. The molecule has 0 saturated carbocycles. The first-order valence-corrected chi connectivity index (χ1v) is 15.9. The summed E-state index contributed by atoms with van der Waals surface area (Å²) in [5.41, 5.74) is 7.04. The predicted octanol–water partition coefficient (Wildman–Crippen LogP) is 4.15. The molecule has 3 aromatic heterocycles. The lowest BCUT2D eigenvalue weighted by Gasteiger charge is -2.48. The van der Waals surface area contributed by atoms with Crippen molar-refractivity contribution in [3.63, 3.8) is 0 Å². The Labute approximate surface area is 267 Å². The third-order valence-corrected chi connectivity index (χ3v) is 11.1. The second-order valence-corrected chi connectivity index (χ2v) is 13.6. The van der Waals surface area contributed by atoms with E-state index in [1.54, 1.807) is 18.6 Å². The number of hydrogen-bond acceptors (Lipinski definition) is 12. The van der Waals surface area contributed by atoms with Gasteiger partial charge in [0.15, 0.2) is 5.82 Å². The maximum Gasteiger partial charge on any atom is 0.227 e. The van der Waals surface area contributed by atoms with Crippen molar-refractivity contribution in [3.8, 4) is 0 Å². The summed E-state index contributed by atoms with van der Waals surface area (Å²) in [5.74, 6) is 2.82. The molecule has 14 heteroatoms. The quantitative estimate of drug-likeness (QED) is 0.356. The monoisotopic (exact) mass is 644 g/mol. The average Bonchev–Trinajstić information content (AvgIpc) is 3.28. The van der Waals surface area contributed by atoms with Crippen molar-refractivity contribution in [3.05, 3.63) is 41.9 Å². The summed E-state index contributed by atoms with van der Waals surface area (Å²) >= 11 is 8.26. The zero-order valence-electron chi connectivity index (χ0n) is 24.2. The van der Waals surface area contributed by atoms with Crippen molar-refractivity contribution in [2.75, 3.05) is 61.0 Å². The summed E-state index contributed by atoms with van der Waals surface area (Å²) < 4.78 is 5.86. The van der Waals surface area contributed by atoms with Crippen molar-refractivity contribution in [2.24, 2.45) is 16.6 Å². The number of pyridine rings is 1. The van der Waals surface area contributed by atoms with Crippen LogP contribution in [0.3, 0.4) is 0 Å². The molecule has 3 aromatic rings. The van der Waals surface area contributed by atoms with E-state index in [1.165, 1.54) is 24.6 Å². The normalized spacial score (nSPS) is 24.1. The molecule has 0 amide bonds. The fourth-order valence-corrected chi connectivity index (χ4v) is 7.61. The van der Waals surface area contributed by atoms with Gasteiger partial charge < -0.3 is 30.9 Å². The van der Waals surface area contributed by atoms with E-state index in [0.717, 1.165) is 80.4 Å². The van der Waals surface area contributed by atoms with Gasteiger partial charge in [0.25, 0.3) is 0 Å². The van der Waals surface area contributed by atoms with Crippen LogP contribution in [0.5, 0.6) is 0 Å². The minimum absolute atomic E-state index is 0. The van der Waals surface area contributed by atoms with Crippen LogP contribution < -0.4 is 26.2 Å². The summed E-state index contributed by atoms with van der Waals surface area (Å²) in [5, 5.41) is 7.98. The van der Waals surface area contributed by atoms with E-state index in [9.17, 15) is 0 Å². The molecular weight excluding hydrogens is 607 g/mol. The van der Waals surface area contributed by atoms with E-state index >= 15 is 0 Å². The van der Waals surface area contributed by atoms with Gasteiger partial charge in [-0.1, -0.05) is 23.4 Å². The van der Waals surface area contributed by atoms with E-state index in [1.807, 2.05) is 18.3 Å². The lowest BCUT2D eigenvalue weighted by molar-refractivity contribution is 0.0974. The molecule has 0 bridgehead atoms. The van der Waals surface area contributed by atoms with E-state index in [-0.39, 0.29) is 30.0 Å². The topological polar surface area (TPSA) is 130 Å². The highest BCUT2D eigenvalue weighted by atomic mass is 35.5. The first-order chi connectivity index (χ1) is 20.4. The summed E-state index contributed by atoms with van der Waals surface area (Å²) in [6.45, 7) is 8.82. The van der Waals surface area contributed by atoms with Crippen LogP contribution in [0.25, 0.3) is 0 Å². The van der Waals surface area contributed by atoms with Crippen molar-refractivity contribution in [1.29, 1.82) is 0 Å². The van der Waals surface area contributed by atoms with Crippen LogP contribution in [0.1, 0.15) is 32.6 Å². The van der Waals surface area contributed by atoms with Crippen LogP contribution in [0.15, 0.2) is 46.8 Å². The van der Waals surface area contributed by atoms with Crippen LogP contribution in [0, 0.1) is 10.8 Å². The second kappa shape index (κ2) is 12.5. The molecule has 4 aliphatic rings. The van der Waals surface area contributed by atoms with Gasteiger partial charge in [0.05, 0.1) is 30.1 Å². The fourth-order valence-electron chi connectivity index (χ4n) is 6.59. The Kier molecular flexibility index (Phi) is 8.87. The zero-order chi connectivity index (χ0) is 28.7. The van der Waals surface area contributed by atoms with E-state index in [2.05, 4.69) is 42.3 Å². The van der Waals surface area contributed by atoms with Crippen LogP contribution in [0.2, 0.25) is 5.02 Å². The minimum atomic E-state index is 0. The number of nitrogens with two attached hydrogens (primary N) is 1. The molecule has 2 atom stereocenters. The molecule has 230 valence electrons. The van der Waals surface area contributed by atoms with Crippen LogP contribution in [0.4, 0.5) is 23.4 Å². The maximum absolute atomic E-state index is 6.80. The molecule has 0 aliphatic carbocycles. The molecule has 0 unspecified atom stereocenters. The Morgan fingerprint density at radius 1 is 1.00 bits per heavy atom. The average molecular weight is 646 g/mol. The molecule has 0 radical (unpaired) electrons. The Morgan fingerprint density at radius 2 is 1.74 bits per heavy atom. The number of ether oxygens (including phenoxy) is 1. The SMILES string of the molecule is C[C@@H]1OCC2(CCN(c3cnc(Sc4ccnc(Nc5ccnc(N6CCC7(CC6)CNC7)n5)c4Cl)cn3)CC2)[C@@H]1N.Cl. The summed E-state index contributed by atoms with van der Waals surface area (Å²) in [6, 6.07) is 3.82. The smallest absolute Gasteiger partial charge is 0.227 e. The molecule has 4 fully saturated rings. The van der Waals surface area contributed by atoms with Gasteiger partial charge >= 0.3 is 0 Å². The molecule has 4 N–H and O–H groups in total. The Morgan fingerprint density at radius 3 is 2.40 bits per heavy atom. The van der Waals surface area contributed by atoms with Crippen molar-refractivity contribution in [2.45, 2.75) is 54.7 Å². The van der Waals surface area contributed by atoms with Gasteiger partial charge in [-0.3, -0.25) is 0 Å². The van der Waals surface area contributed by atoms with Crippen LogP contribution in [-0.2, 0) is 4.74 Å². The van der Waals surface area contributed by atoms with Crippen LogP contribution >= 0.6 is 35.8 Å². The van der Waals surface area contributed by atoms with Crippen LogP contribution in [-0.4, -0.2) is 82.9 Å². The molecule has 0 aromatic carbocycles. The first-order valence-electron chi connectivity index (χ1n) is 14.7. The number of anilines is 4. The number of rotatable bonds is 6. The minimum Gasteiger partial charge on any atom is -0.376 e. The summed E-state index contributed by atoms with van der Waals surface area (Å²) in [6.07, 6.45) is 11.6. The highest BCUT2D eigenvalue weighted by molar-refractivity contribution is 7.99. The number of nitrogens with zero attached hydrogens (tertiary/aromatic N) is 7. The van der Waals surface area contributed by atoms with E-state index in [0.29, 0.717) is 22.1 Å². The third kappa shape index (κ3) is 6.10. The Bertz CT molecular complexity index is 1410. The van der Waals surface area contributed by atoms with Gasteiger partial charge in [-0.15, -0.1) is 12.4 Å². The van der Waals surface area contributed by atoms with Crippen molar-refractivity contribution >= 4 is 59.2 Å². The fraction of sp³-hybridized carbons (Fsp3) is 0.552. The van der Waals surface area contributed by atoms with Crippen molar-refractivity contribution in [1.82, 2.24) is 30.2 Å². The number of nitrogens with one attached hydrogen (secondary N) is 2. The molecule has 2 spiro atoms. The van der Waals surface area contributed by atoms with E-state index in [4.69, 9.17) is 32.0 Å². The number of halogens is 2. The van der Waals surface area contributed by atoms with Crippen molar-refractivity contribution < 1.29 is 4.74 Å². The van der Waals surface area contributed by atoms with Gasteiger partial charge in [0.2, 0.25) is 5.95 Å². The van der Waals surface area contributed by atoms with Gasteiger partial charge in [-0.25, -0.2) is 19.9 Å². The molecule has 43 heavy (non-hydrogen) atoms. The van der Waals surface area contributed by atoms with E-state index < -0.39 is 0 Å². The molecule has 7 heterocycles. The maximum atomic E-state index is 6.80. The summed E-state index contributed by atoms with van der Waals surface area (Å²) in [4.78, 5) is 28.6. The lowest BCUT2D eigenvalue weighted by Crippen LogP contribution is -2.58. The summed E-state index contributed by atoms with van der Waals surface area (Å²) in [7, 11) is 0. The number of aromatic nitrogens is 5.